The SMILES string of the molecule is C1=CCCC(c2nc(-c3ccccc3)nc(-c3cccc(-n4c5ccccc5c5cc(-c6ccc7sc8ccccc8c7c6)ccc54)c3)n2)=C1. The van der Waals surface area contributed by atoms with Crippen LogP contribution in [0.2, 0.25) is 0 Å². The molecule has 0 unspecified atom stereocenters. The van der Waals surface area contributed by atoms with Gasteiger partial charge in [-0.05, 0) is 78.1 Å². The van der Waals surface area contributed by atoms with Gasteiger partial charge in [0.1, 0.15) is 0 Å². The first kappa shape index (κ1) is 28.8. The Labute approximate surface area is 293 Å². The summed E-state index contributed by atoms with van der Waals surface area (Å²) < 4.78 is 5.01. The third kappa shape index (κ3) is 4.86. The second-order valence-corrected chi connectivity index (χ2v) is 13.9. The van der Waals surface area contributed by atoms with E-state index in [0.29, 0.717) is 11.6 Å². The highest BCUT2D eigenvalue weighted by atomic mass is 32.1. The predicted molar refractivity (Wildman–Crippen MR) is 210 cm³/mol. The molecule has 9 aromatic rings. The van der Waals surface area contributed by atoms with Crippen molar-refractivity contribution >= 4 is 58.9 Å². The molecule has 5 heteroatoms. The van der Waals surface area contributed by atoms with Crippen LogP contribution < -0.4 is 0 Å². The highest BCUT2D eigenvalue weighted by molar-refractivity contribution is 7.25. The Morgan fingerprint density at radius 1 is 0.480 bits per heavy atom. The van der Waals surface area contributed by atoms with E-state index >= 15 is 0 Å². The maximum absolute atomic E-state index is 5.05. The minimum absolute atomic E-state index is 0.672. The zero-order valence-corrected chi connectivity index (χ0v) is 27.9. The third-order valence-corrected chi connectivity index (χ3v) is 10.9. The molecule has 0 fully saturated rings. The van der Waals surface area contributed by atoms with Crippen molar-refractivity contribution < 1.29 is 0 Å². The molecule has 0 aliphatic heterocycles. The number of para-hydroxylation sites is 1. The molecule has 1 aliphatic rings. The molecule has 0 N–H and O–H groups in total. The fourth-order valence-corrected chi connectivity index (χ4v) is 8.36. The Bertz CT molecular complexity index is 2820. The molecule has 3 heterocycles. The van der Waals surface area contributed by atoms with E-state index in [1.54, 1.807) is 0 Å². The number of hydrogen-bond acceptors (Lipinski definition) is 4. The van der Waals surface area contributed by atoms with Gasteiger partial charge in [-0.2, -0.15) is 0 Å². The molecule has 0 amide bonds. The molecule has 50 heavy (non-hydrogen) atoms. The first-order chi connectivity index (χ1) is 24.8. The Hall–Kier alpha value is -6.17. The normalized spacial score (nSPS) is 13.1. The van der Waals surface area contributed by atoms with Crippen molar-refractivity contribution in [3.05, 3.63) is 164 Å². The lowest BCUT2D eigenvalue weighted by Gasteiger charge is -2.13. The molecule has 0 saturated heterocycles. The van der Waals surface area contributed by atoms with Gasteiger partial charge in [0.2, 0.25) is 0 Å². The van der Waals surface area contributed by atoms with Gasteiger partial charge in [-0.3, -0.25) is 0 Å². The number of allylic oxidation sites excluding steroid dienone is 4. The van der Waals surface area contributed by atoms with Crippen LogP contribution in [-0.4, -0.2) is 19.5 Å². The molecule has 10 rings (SSSR count). The van der Waals surface area contributed by atoms with Crippen LogP contribution in [0.5, 0.6) is 0 Å². The molecule has 0 saturated carbocycles. The van der Waals surface area contributed by atoms with Crippen LogP contribution in [0.15, 0.2) is 158 Å². The Morgan fingerprint density at radius 2 is 1.16 bits per heavy atom. The molecule has 1 aliphatic carbocycles. The van der Waals surface area contributed by atoms with Crippen LogP contribution in [0.25, 0.3) is 87.1 Å². The molecule has 6 aromatic carbocycles. The van der Waals surface area contributed by atoms with Crippen LogP contribution in [-0.2, 0) is 0 Å². The lowest BCUT2D eigenvalue weighted by atomic mass is 10.0. The number of hydrogen-bond donors (Lipinski definition) is 0. The zero-order valence-electron chi connectivity index (χ0n) is 27.1. The first-order valence-corrected chi connectivity index (χ1v) is 17.8. The summed E-state index contributed by atoms with van der Waals surface area (Å²) in [5.41, 5.74) is 8.89. The van der Waals surface area contributed by atoms with E-state index in [0.717, 1.165) is 52.1 Å². The van der Waals surface area contributed by atoms with E-state index in [1.807, 2.05) is 29.5 Å². The van der Waals surface area contributed by atoms with Crippen molar-refractivity contribution in [1.29, 1.82) is 0 Å². The number of fused-ring (bicyclic) bond motifs is 6. The smallest absolute Gasteiger partial charge is 0.164 e. The fraction of sp³-hybridized carbons (Fsp3) is 0.0444. The standard InChI is InChI=1S/C45H30N4S/c1-3-12-29(13-4-1)43-46-44(30-14-5-2-6-15-30)48-45(47-43)33-16-11-17-34(26-33)49-39-20-9-7-18-35(39)37-27-31(22-24-40(37)49)32-23-25-42-38(28-32)36-19-8-10-21-41(36)50-42/h1-5,7-14,16-28H,6,15H2. The summed E-state index contributed by atoms with van der Waals surface area (Å²) in [4.78, 5) is 15.0. The number of benzene rings is 6. The Kier molecular flexibility index (Phi) is 6.78. The number of thiophene rings is 1. The number of nitrogens with zero attached hydrogens (tertiary/aromatic N) is 4. The van der Waals surface area contributed by atoms with Gasteiger partial charge in [0.25, 0.3) is 0 Å². The molecule has 4 nitrogen and oxygen atoms in total. The largest absolute Gasteiger partial charge is 0.309 e. The van der Waals surface area contributed by atoms with Crippen molar-refractivity contribution in [3.8, 4) is 39.6 Å². The third-order valence-electron chi connectivity index (χ3n) is 9.71. The van der Waals surface area contributed by atoms with Gasteiger partial charge in [-0.25, -0.2) is 15.0 Å². The molecular weight excluding hydrogens is 629 g/mol. The highest BCUT2D eigenvalue weighted by Crippen LogP contribution is 2.39. The van der Waals surface area contributed by atoms with Crippen molar-refractivity contribution in [3.63, 3.8) is 0 Å². The Morgan fingerprint density at radius 3 is 2.02 bits per heavy atom. The van der Waals surface area contributed by atoms with Crippen LogP contribution >= 0.6 is 11.3 Å². The van der Waals surface area contributed by atoms with Crippen LogP contribution in [0.4, 0.5) is 0 Å². The van der Waals surface area contributed by atoms with E-state index in [1.165, 1.54) is 42.1 Å². The van der Waals surface area contributed by atoms with Gasteiger partial charge in [-0.15, -0.1) is 11.3 Å². The van der Waals surface area contributed by atoms with Crippen LogP contribution in [0, 0.1) is 0 Å². The van der Waals surface area contributed by atoms with E-state index in [4.69, 9.17) is 15.0 Å². The number of aromatic nitrogens is 4. The summed E-state index contributed by atoms with van der Waals surface area (Å²) in [5.74, 6) is 2.09. The van der Waals surface area contributed by atoms with Crippen LogP contribution in [0.1, 0.15) is 18.7 Å². The summed E-state index contributed by atoms with van der Waals surface area (Å²) in [6.45, 7) is 0. The van der Waals surface area contributed by atoms with Gasteiger partial charge in [-0.1, -0.05) is 109 Å². The fourth-order valence-electron chi connectivity index (χ4n) is 7.27. The minimum atomic E-state index is 0.672. The predicted octanol–water partition coefficient (Wildman–Crippen LogP) is 12.1. The second-order valence-electron chi connectivity index (χ2n) is 12.8. The lowest BCUT2D eigenvalue weighted by molar-refractivity contribution is 0.977. The van der Waals surface area contributed by atoms with E-state index in [-0.39, 0.29) is 0 Å². The molecule has 0 spiro atoms. The maximum Gasteiger partial charge on any atom is 0.164 e. The second kappa shape index (κ2) is 11.8. The van der Waals surface area contributed by atoms with Gasteiger partial charge in [0.15, 0.2) is 17.5 Å². The molecule has 0 atom stereocenters. The van der Waals surface area contributed by atoms with E-state index in [2.05, 4.69) is 144 Å². The lowest BCUT2D eigenvalue weighted by Crippen LogP contribution is -2.04. The van der Waals surface area contributed by atoms with Crippen molar-refractivity contribution in [2.45, 2.75) is 12.8 Å². The summed E-state index contributed by atoms with van der Waals surface area (Å²) in [6.07, 6.45) is 8.31. The molecule has 3 aromatic heterocycles. The first-order valence-electron chi connectivity index (χ1n) is 17.0. The van der Waals surface area contributed by atoms with Gasteiger partial charge in [0, 0.05) is 47.8 Å². The average Bonchev–Trinajstić information content (AvgIpc) is 3.73. The van der Waals surface area contributed by atoms with Crippen LogP contribution in [0.3, 0.4) is 0 Å². The Balaban J connectivity index is 1.11. The molecule has 236 valence electrons. The van der Waals surface area contributed by atoms with E-state index < -0.39 is 0 Å². The number of rotatable bonds is 5. The summed E-state index contributed by atoms with van der Waals surface area (Å²) in [7, 11) is 0. The highest BCUT2D eigenvalue weighted by Gasteiger charge is 2.17. The van der Waals surface area contributed by atoms with Gasteiger partial charge >= 0.3 is 0 Å². The van der Waals surface area contributed by atoms with Crippen molar-refractivity contribution in [2.24, 2.45) is 0 Å². The van der Waals surface area contributed by atoms with Crippen molar-refractivity contribution in [2.75, 3.05) is 0 Å². The monoisotopic (exact) mass is 658 g/mol. The summed E-state index contributed by atoms with van der Waals surface area (Å²) >= 11 is 1.86. The minimum Gasteiger partial charge on any atom is -0.309 e. The summed E-state index contributed by atoms with van der Waals surface area (Å²) in [6, 6.07) is 49.9. The molecule has 0 bridgehead atoms. The van der Waals surface area contributed by atoms with Gasteiger partial charge < -0.3 is 4.57 Å². The topological polar surface area (TPSA) is 43.6 Å². The molecular formula is C45H30N4S. The summed E-state index contributed by atoms with van der Waals surface area (Å²) in [5, 5.41) is 5.09. The van der Waals surface area contributed by atoms with Crippen molar-refractivity contribution in [1.82, 2.24) is 19.5 Å². The molecule has 0 radical (unpaired) electrons. The zero-order chi connectivity index (χ0) is 33.0. The van der Waals surface area contributed by atoms with E-state index in [9.17, 15) is 0 Å². The maximum atomic E-state index is 5.05. The quantitative estimate of drug-likeness (QED) is 0.185. The van der Waals surface area contributed by atoms with Gasteiger partial charge in [0.05, 0.1) is 11.0 Å². The average molecular weight is 659 g/mol.